The Bertz CT molecular complexity index is 1290. The van der Waals surface area contributed by atoms with Crippen molar-refractivity contribution in [3.8, 4) is 17.1 Å². The van der Waals surface area contributed by atoms with Gasteiger partial charge in [-0.1, -0.05) is 6.07 Å². The molecule has 9 heteroatoms. The summed E-state index contributed by atoms with van der Waals surface area (Å²) in [6.45, 7) is 0.707. The van der Waals surface area contributed by atoms with E-state index in [0.717, 1.165) is 46.4 Å². The first kappa shape index (κ1) is 20.6. The molecule has 164 valence electrons. The Labute approximate surface area is 189 Å². The van der Waals surface area contributed by atoms with Crippen LogP contribution in [0.3, 0.4) is 0 Å². The number of carbonyl (C=O) groups is 1. The average molecular weight is 449 g/mol. The monoisotopic (exact) mass is 448 g/mol. The number of rotatable bonds is 5. The van der Waals surface area contributed by atoms with Gasteiger partial charge >= 0.3 is 0 Å². The third-order valence-corrected chi connectivity index (χ3v) is 6.44. The maximum atomic E-state index is 12.6. The molecule has 1 saturated heterocycles. The summed E-state index contributed by atoms with van der Waals surface area (Å²) in [5.41, 5.74) is 2.42. The third kappa shape index (κ3) is 3.73. The number of ether oxygens (including phenoxy) is 1. The predicted octanol–water partition coefficient (Wildman–Crippen LogP) is 3.76. The molecule has 0 bridgehead atoms. The van der Waals surface area contributed by atoms with E-state index in [0.29, 0.717) is 24.0 Å². The van der Waals surface area contributed by atoms with E-state index >= 15 is 0 Å². The van der Waals surface area contributed by atoms with Gasteiger partial charge in [0.05, 0.1) is 12.6 Å². The largest absolute Gasteiger partial charge is 0.497 e. The molecule has 2 aromatic carbocycles. The van der Waals surface area contributed by atoms with Gasteiger partial charge in [0.1, 0.15) is 11.8 Å². The summed E-state index contributed by atoms with van der Waals surface area (Å²) < 4.78 is 6.98. The number of hydrogen-bond donors (Lipinski definition) is 2. The van der Waals surface area contributed by atoms with Crippen LogP contribution < -0.4 is 15.4 Å². The molecule has 0 saturated carbocycles. The smallest absolute Gasteiger partial charge is 0.242 e. The van der Waals surface area contributed by atoms with E-state index in [1.165, 1.54) is 0 Å². The lowest BCUT2D eigenvalue weighted by Gasteiger charge is -2.17. The summed E-state index contributed by atoms with van der Waals surface area (Å²) >= 11 is 1.63. The number of anilines is 1. The number of nitrogens with one attached hydrogen (secondary N) is 2. The van der Waals surface area contributed by atoms with Crippen molar-refractivity contribution in [3.63, 3.8) is 0 Å². The number of nitrogens with zero attached hydrogens (tertiary/aromatic N) is 4. The lowest BCUT2D eigenvalue weighted by Crippen LogP contribution is -2.38. The van der Waals surface area contributed by atoms with Crippen LogP contribution in [-0.4, -0.2) is 51.4 Å². The Morgan fingerprint density at radius 2 is 2.00 bits per heavy atom. The predicted molar refractivity (Wildman–Crippen MR) is 126 cm³/mol. The molecule has 32 heavy (non-hydrogen) atoms. The maximum absolute atomic E-state index is 12.6. The minimum absolute atomic E-state index is 0.00816. The van der Waals surface area contributed by atoms with Crippen molar-refractivity contribution in [1.82, 2.24) is 24.9 Å². The van der Waals surface area contributed by atoms with E-state index < -0.39 is 0 Å². The van der Waals surface area contributed by atoms with Crippen LogP contribution in [0.5, 0.6) is 5.75 Å². The fourth-order valence-corrected chi connectivity index (χ4v) is 4.52. The van der Waals surface area contributed by atoms with Crippen LogP contribution >= 0.6 is 11.8 Å². The summed E-state index contributed by atoms with van der Waals surface area (Å²) in [7, 11) is 1.64. The molecular weight excluding hydrogens is 424 g/mol. The van der Waals surface area contributed by atoms with Crippen molar-refractivity contribution < 1.29 is 9.53 Å². The first-order valence-electron chi connectivity index (χ1n) is 10.6. The number of carbonyl (C=O) groups excluding carboxylic acids is 1. The minimum Gasteiger partial charge on any atom is -0.497 e. The highest BCUT2D eigenvalue weighted by atomic mass is 32.2. The van der Waals surface area contributed by atoms with Crippen LogP contribution in [0.2, 0.25) is 0 Å². The normalized spacial score (nSPS) is 16.7. The molecule has 2 aromatic heterocycles. The second-order valence-corrected chi connectivity index (χ2v) is 8.52. The summed E-state index contributed by atoms with van der Waals surface area (Å²) in [6.07, 6.45) is 4.72. The first-order valence-corrected chi connectivity index (χ1v) is 11.8. The lowest BCUT2D eigenvalue weighted by molar-refractivity contribution is -0.121. The zero-order chi connectivity index (χ0) is 22.1. The molecule has 0 unspecified atom stereocenters. The van der Waals surface area contributed by atoms with Gasteiger partial charge in [0, 0.05) is 22.4 Å². The van der Waals surface area contributed by atoms with E-state index in [2.05, 4.69) is 10.6 Å². The van der Waals surface area contributed by atoms with Gasteiger partial charge in [-0.2, -0.15) is 4.52 Å². The molecule has 1 amide bonds. The third-order valence-electron chi connectivity index (χ3n) is 5.67. The van der Waals surface area contributed by atoms with Crippen LogP contribution in [-0.2, 0) is 4.79 Å². The summed E-state index contributed by atoms with van der Waals surface area (Å²) in [5, 5.41) is 12.0. The molecule has 3 heterocycles. The number of aromatic nitrogens is 4. The average Bonchev–Trinajstić information content (AvgIpc) is 3.19. The van der Waals surface area contributed by atoms with Crippen LogP contribution in [0.25, 0.3) is 27.9 Å². The highest BCUT2D eigenvalue weighted by Crippen LogP contribution is 2.30. The summed E-state index contributed by atoms with van der Waals surface area (Å²) in [5.74, 6) is 1.87. The maximum Gasteiger partial charge on any atom is 0.242 e. The van der Waals surface area contributed by atoms with E-state index in [1.54, 1.807) is 23.4 Å². The van der Waals surface area contributed by atoms with Crippen LogP contribution in [0, 0.1) is 0 Å². The Balaban J connectivity index is 1.67. The van der Waals surface area contributed by atoms with E-state index in [9.17, 15) is 4.79 Å². The van der Waals surface area contributed by atoms with Gasteiger partial charge < -0.3 is 15.4 Å². The SMILES string of the molecule is COc1ccc(-c2nc3c4cccc(SC)c4nc(N[C@@H]4CCCCNC4=O)n3n2)cc1. The Morgan fingerprint density at radius 3 is 2.78 bits per heavy atom. The highest BCUT2D eigenvalue weighted by molar-refractivity contribution is 7.98. The molecular formula is C23H24N6O2S. The second-order valence-electron chi connectivity index (χ2n) is 7.67. The van der Waals surface area contributed by atoms with Crippen molar-refractivity contribution in [2.24, 2.45) is 0 Å². The van der Waals surface area contributed by atoms with Crippen molar-refractivity contribution in [3.05, 3.63) is 42.5 Å². The Hall–Kier alpha value is -3.33. The number of benzene rings is 2. The van der Waals surface area contributed by atoms with Crippen molar-refractivity contribution >= 4 is 40.2 Å². The van der Waals surface area contributed by atoms with Gasteiger partial charge in [0.15, 0.2) is 11.5 Å². The molecule has 0 aliphatic carbocycles. The zero-order valence-corrected chi connectivity index (χ0v) is 18.8. The molecule has 1 aliphatic heterocycles. The van der Waals surface area contributed by atoms with E-state index in [1.807, 2.05) is 48.7 Å². The number of thioether (sulfide) groups is 1. The molecule has 0 radical (unpaired) electrons. The number of hydrogen-bond acceptors (Lipinski definition) is 7. The van der Waals surface area contributed by atoms with Gasteiger partial charge in [-0.25, -0.2) is 9.97 Å². The van der Waals surface area contributed by atoms with Crippen molar-refractivity contribution in [2.75, 3.05) is 25.2 Å². The molecule has 5 rings (SSSR count). The zero-order valence-electron chi connectivity index (χ0n) is 18.0. The topological polar surface area (TPSA) is 93.4 Å². The number of fused-ring (bicyclic) bond motifs is 3. The summed E-state index contributed by atoms with van der Waals surface area (Å²) in [4.78, 5) is 23.4. The highest BCUT2D eigenvalue weighted by Gasteiger charge is 2.24. The molecule has 8 nitrogen and oxygen atoms in total. The molecule has 2 N–H and O–H groups in total. The van der Waals surface area contributed by atoms with Gasteiger partial charge in [0.25, 0.3) is 0 Å². The number of para-hydroxylation sites is 1. The summed E-state index contributed by atoms with van der Waals surface area (Å²) in [6, 6.07) is 13.3. The minimum atomic E-state index is -0.360. The quantitative estimate of drug-likeness (QED) is 0.449. The van der Waals surface area contributed by atoms with Crippen LogP contribution in [0.15, 0.2) is 47.4 Å². The second kappa shape index (κ2) is 8.66. The van der Waals surface area contributed by atoms with E-state index in [-0.39, 0.29) is 11.9 Å². The lowest BCUT2D eigenvalue weighted by atomic mass is 10.1. The van der Waals surface area contributed by atoms with Crippen molar-refractivity contribution in [2.45, 2.75) is 30.2 Å². The molecule has 1 fully saturated rings. The van der Waals surface area contributed by atoms with Crippen LogP contribution in [0.4, 0.5) is 5.95 Å². The molecule has 0 spiro atoms. The van der Waals surface area contributed by atoms with E-state index in [4.69, 9.17) is 19.8 Å². The number of amides is 1. The van der Waals surface area contributed by atoms with Crippen molar-refractivity contribution in [1.29, 1.82) is 0 Å². The van der Waals surface area contributed by atoms with Crippen LogP contribution in [0.1, 0.15) is 19.3 Å². The van der Waals surface area contributed by atoms with Gasteiger partial charge in [-0.15, -0.1) is 16.9 Å². The Kier molecular flexibility index (Phi) is 5.57. The Morgan fingerprint density at radius 1 is 1.16 bits per heavy atom. The molecule has 1 atom stereocenters. The fraction of sp³-hybridized carbons (Fsp3) is 0.304. The first-order chi connectivity index (χ1) is 15.7. The van der Waals surface area contributed by atoms with Gasteiger partial charge in [-0.05, 0) is 61.9 Å². The number of methoxy groups -OCH3 is 1. The van der Waals surface area contributed by atoms with Gasteiger partial charge in [-0.3, -0.25) is 4.79 Å². The molecule has 4 aromatic rings. The standard InChI is InChI=1S/C23H24N6O2S/c1-31-15-11-9-14(10-12-15)20-27-21-16-6-5-8-18(32-2)19(16)26-23(29(21)28-20)25-17-7-3-4-13-24-22(17)30/h5-6,8-12,17H,3-4,7,13H2,1-2H3,(H,24,30)(H,25,26)/t17-/m1/s1. The fourth-order valence-electron chi connectivity index (χ4n) is 3.96. The molecule has 1 aliphatic rings. The van der Waals surface area contributed by atoms with Gasteiger partial charge in [0.2, 0.25) is 11.9 Å².